The first kappa shape index (κ1) is 13.9. The van der Waals surface area contributed by atoms with Crippen LogP contribution in [0.15, 0.2) is 46.9 Å². The van der Waals surface area contributed by atoms with E-state index in [0.717, 1.165) is 15.7 Å². The number of aryl methyl sites for hydroxylation is 1. The van der Waals surface area contributed by atoms with Gasteiger partial charge in [0.15, 0.2) is 11.5 Å². The van der Waals surface area contributed by atoms with Gasteiger partial charge in [-0.1, -0.05) is 34.1 Å². The molecule has 0 fully saturated rings. The van der Waals surface area contributed by atoms with E-state index in [-0.39, 0.29) is 12.5 Å². The minimum absolute atomic E-state index is 0.204. The molecule has 1 heterocycles. The van der Waals surface area contributed by atoms with Gasteiger partial charge >= 0.3 is 0 Å². The molecule has 0 radical (unpaired) electrons. The van der Waals surface area contributed by atoms with Crippen molar-refractivity contribution in [1.82, 2.24) is 0 Å². The molecular weight excluding hydrogens is 334 g/mol. The van der Waals surface area contributed by atoms with Crippen molar-refractivity contribution in [1.29, 1.82) is 0 Å². The highest BCUT2D eigenvalue weighted by molar-refractivity contribution is 9.10. The van der Waals surface area contributed by atoms with E-state index in [1.807, 2.05) is 43.3 Å². The largest absolute Gasteiger partial charge is 0.485 e. The lowest BCUT2D eigenvalue weighted by atomic mass is 10.2. The summed E-state index contributed by atoms with van der Waals surface area (Å²) >= 11 is 3.45. The van der Waals surface area contributed by atoms with Crippen molar-refractivity contribution in [2.45, 2.75) is 13.0 Å². The van der Waals surface area contributed by atoms with E-state index in [4.69, 9.17) is 9.47 Å². The summed E-state index contributed by atoms with van der Waals surface area (Å²) in [6, 6.07) is 13.0. The number of rotatable bonds is 2. The second-order valence-corrected chi connectivity index (χ2v) is 5.67. The van der Waals surface area contributed by atoms with Crippen molar-refractivity contribution in [2.75, 3.05) is 11.9 Å². The molecule has 0 aromatic heterocycles. The first-order valence-electron chi connectivity index (χ1n) is 6.59. The highest BCUT2D eigenvalue weighted by Gasteiger charge is 2.27. The van der Waals surface area contributed by atoms with E-state index in [1.165, 1.54) is 0 Å². The second kappa shape index (κ2) is 5.77. The lowest BCUT2D eigenvalue weighted by Gasteiger charge is -2.25. The third kappa shape index (κ3) is 3.03. The molecule has 0 saturated heterocycles. The van der Waals surface area contributed by atoms with Gasteiger partial charge < -0.3 is 14.8 Å². The second-order valence-electron chi connectivity index (χ2n) is 4.82. The molecule has 3 rings (SSSR count). The summed E-state index contributed by atoms with van der Waals surface area (Å²) < 4.78 is 12.2. The molecule has 2 aromatic rings. The maximum absolute atomic E-state index is 12.2. The van der Waals surface area contributed by atoms with Gasteiger partial charge in [-0.15, -0.1) is 0 Å². The molecule has 1 amide bonds. The Bertz CT molecular complexity index is 687. The Kier molecular flexibility index (Phi) is 3.84. The third-order valence-corrected chi connectivity index (χ3v) is 4.09. The van der Waals surface area contributed by atoms with Crippen molar-refractivity contribution < 1.29 is 14.3 Å². The van der Waals surface area contributed by atoms with E-state index >= 15 is 0 Å². The summed E-state index contributed by atoms with van der Waals surface area (Å²) in [7, 11) is 0. The highest BCUT2D eigenvalue weighted by atomic mass is 79.9. The Morgan fingerprint density at radius 2 is 2.00 bits per heavy atom. The summed E-state index contributed by atoms with van der Waals surface area (Å²) in [6.45, 7) is 2.20. The average molecular weight is 348 g/mol. The normalized spacial score (nSPS) is 16.4. The average Bonchev–Trinajstić information content (AvgIpc) is 2.50. The van der Waals surface area contributed by atoms with Crippen LogP contribution in [0.25, 0.3) is 0 Å². The zero-order valence-corrected chi connectivity index (χ0v) is 13.0. The molecule has 4 nitrogen and oxygen atoms in total. The van der Waals surface area contributed by atoms with Gasteiger partial charge in [0, 0.05) is 10.2 Å². The third-order valence-electron chi connectivity index (χ3n) is 3.24. The molecule has 108 valence electrons. The fraction of sp³-hybridized carbons (Fsp3) is 0.188. The molecule has 1 unspecified atom stereocenters. The van der Waals surface area contributed by atoms with Crippen molar-refractivity contribution in [3.05, 3.63) is 52.5 Å². The summed E-state index contributed by atoms with van der Waals surface area (Å²) in [5.41, 5.74) is 1.83. The molecule has 1 atom stereocenters. The van der Waals surface area contributed by atoms with E-state index in [1.54, 1.807) is 6.07 Å². The summed E-state index contributed by atoms with van der Waals surface area (Å²) in [5.74, 6) is 1.04. The van der Waals surface area contributed by atoms with Crippen LogP contribution in [0, 0.1) is 6.92 Å². The lowest BCUT2D eigenvalue weighted by molar-refractivity contribution is -0.125. The zero-order valence-electron chi connectivity index (χ0n) is 11.4. The number of hydrogen-bond donors (Lipinski definition) is 1. The number of fused-ring (bicyclic) bond motifs is 1. The molecule has 1 aliphatic heterocycles. The molecule has 0 saturated carbocycles. The van der Waals surface area contributed by atoms with Crippen LogP contribution >= 0.6 is 15.9 Å². The quantitative estimate of drug-likeness (QED) is 0.903. The molecule has 1 aliphatic rings. The van der Waals surface area contributed by atoms with Crippen molar-refractivity contribution >= 4 is 27.5 Å². The van der Waals surface area contributed by atoms with Gasteiger partial charge in [0.2, 0.25) is 6.10 Å². The topological polar surface area (TPSA) is 47.6 Å². The number of carbonyl (C=O) groups excluding carboxylic acids is 1. The van der Waals surface area contributed by atoms with Gasteiger partial charge in [-0.05, 0) is 36.8 Å². The Labute approximate surface area is 131 Å². The number of halogens is 1. The molecule has 0 bridgehead atoms. The summed E-state index contributed by atoms with van der Waals surface area (Å²) in [6.07, 6.45) is -0.653. The van der Waals surface area contributed by atoms with Crippen LogP contribution in [0.4, 0.5) is 5.69 Å². The zero-order chi connectivity index (χ0) is 14.8. The monoisotopic (exact) mass is 347 g/mol. The number of carbonyl (C=O) groups is 1. The van der Waals surface area contributed by atoms with E-state index in [9.17, 15) is 4.79 Å². The van der Waals surface area contributed by atoms with Crippen LogP contribution in [0.5, 0.6) is 11.5 Å². The van der Waals surface area contributed by atoms with E-state index in [2.05, 4.69) is 21.2 Å². The summed E-state index contributed by atoms with van der Waals surface area (Å²) in [4.78, 5) is 12.2. The maximum atomic E-state index is 12.2. The minimum Gasteiger partial charge on any atom is -0.485 e. The van der Waals surface area contributed by atoms with Crippen molar-refractivity contribution in [3.8, 4) is 11.5 Å². The number of hydrogen-bond acceptors (Lipinski definition) is 3. The van der Waals surface area contributed by atoms with E-state index < -0.39 is 6.10 Å². The highest BCUT2D eigenvalue weighted by Crippen LogP contribution is 2.31. The van der Waals surface area contributed by atoms with Crippen molar-refractivity contribution in [2.24, 2.45) is 0 Å². The van der Waals surface area contributed by atoms with Crippen LogP contribution in [-0.4, -0.2) is 18.6 Å². The smallest absolute Gasteiger partial charge is 0.269 e. The van der Waals surface area contributed by atoms with Crippen molar-refractivity contribution in [3.63, 3.8) is 0 Å². The molecular formula is C16H14BrNO3. The lowest BCUT2D eigenvalue weighted by Crippen LogP contribution is -2.40. The Balaban J connectivity index is 1.70. The number of benzene rings is 2. The van der Waals surface area contributed by atoms with Gasteiger partial charge in [0.25, 0.3) is 5.91 Å². The SMILES string of the molecule is Cc1ccc(NC(=O)C2COc3ccccc3O2)cc1Br. The number of ether oxygens (including phenoxy) is 2. The first-order chi connectivity index (χ1) is 10.1. The number of anilines is 1. The Morgan fingerprint density at radius 3 is 2.76 bits per heavy atom. The van der Waals surface area contributed by atoms with Gasteiger partial charge in [-0.3, -0.25) is 4.79 Å². The summed E-state index contributed by atoms with van der Waals surface area (Å²) in [5, 5.41) is 2.84. The molecule has 0 aliphatic carbocycles. The van der Waals surface area contributed by atoms with E-state index in [0.29, 0.717) is 11.5 Å². The molecule has 2 aromatic carbocycles. The van der Waals surface area contributed by atoms with Crippen LogP contribution < -0.4 is 14.8 Å². The Hall–Kier alpha value is -2.01. The molecule has 0 spiro atoms. The predicted octanol–water partition coefficient (Wildman–Crippen LogP) is 3.54. The standard InChI is InChI=1S/C16H14BrNO3/c1-10-6-7-11(8-12(10)17)18-16(19)15-9-20-13-4-2-3-5-14(13)21-15/h2-8,15H,9H2,1H3,(H,18,19). The number of nitrogens with one attached hydrogen (secondary N) is 1. The minimum atomic E-state index is -0.653. The predicted molar refractivity (Wildman–Crippen MR) is 83.9 cm³/mol. The molecule has 21 heavy (non-hydrogen) atoms. The van der Waals surface area contributed by atoms with Gasteiger partial charge in [-0.25, -0.2) is 0 Å². The van der Waals surface area contributed by atoms with Crippen LogP contribution in [0.2, 0.25) is 0 Å². The molecule has 1 N–H and O–H groups in total. The van der Waals surface area contributed by atoms with Gasteiger partial charge in [0.1, 0.15) is 6.61 Å². The fourth-order valence-electron chi connectivity index (χ4n) is 2.04. The maximum Gasteiger partial charge on any atom is 0.269 e. The first-order valence-corrected chi connectivity index (χ1v) is 7.38. The number of para-hydroxylation sites is 2. The molecule has 5 heteroatoms. The van der Waals surface area contributed by atoms with Crippen LogP contribution in [-0.2, 0) is 4.79 Å². The number of amides is 1. The van der Waals surface area contributed by atoms with Gasteiger partial charge in [0.05, 0.1) is 0 Å². The van der Waals surface area contributed by atoms with Crippen LogP contribution in [0.3, 0.4) is 0 Å². The van der Waals surface area contributed by atoms with Gasteiger partial charge in [-0.2, -0.15) is 0 Å². The van der Waals surface area contributed by atoms with Crippen LogP contribution in [0.1, 0.15) is 5.56 Å². The Morgan fingerprint density at radius 1 is 1.24 bits per heavy atom. The fourth-order valence-corrected chi connectivity index (χ4v) is 2.42.